The van der Waals surface area contributed by atoms with E-state index in [0.717, 1.165) is 11.3 Å². The van der Waals surface area contributed by atoms with E-state index in [1.54, 1.807) is 0 Å². The fourth-order valence-corrected chi connectivity index (χ4v) is 3.25. The third kappa shape index (κ3) is 3.11. The molecular formula is C12H24N2S. The molecule has 0 spiro atoms. The summed E-state index contributed by atoms with van der Waals surface area (Å²) in [7, 11) is 0. The first-order chi connectivity index (χ1) is 7.29. The molecule has 2 aliphatic rings. The first-order valence-electron chi connectivity index (χ1n) is 6.29. The van der Waals surface area contributed by atoms with Gasteiger partial charge in [0.25, 0.3) is 0 Å². The number of hydrogen-bond donors (Lipinski definition) is 0. The van der Waals surface area contributed by atoms with Gasteiger partial charge in [0.2, 0.25) is 0 Å². The third-order valence-corrected chi connectivity index (χ3v) is 4.76. The predicted octanol–water partition coefficient (Wildman–Crippen LogP) is 1.91. The first-order valence-corrected chi connectivity index (χ1v) is 7.57. The molecule has 2 saturated heterocycles. The molecule has 2 heterocycles. The Balaban J connectivity index is 1.85. The van der Waals surface area contributed by atoms with Gasteiger partial charge >= 0.3 is 0 Å². The summed E-state index contributed by atoms with van der Waals surface area (Å²) < 4.78 is 0. The molecule has 0 aromatic carbocycles. The van der Waals surface area contributed by atoms with Crippen LogP contribution in [0.15, 0.2) is 0 Å². The minimum absolute atomic E-state index is 0.790. The van der Waals surface area contributed by atoms with Crippen LogP contribution in [0.1, 0.15) is 26.2 Å². The molecule has 0 bridgehead atoms. The lowest BCUT2D eigenvalue weighted by molar-refractivity contribution is 0.222. The number of nitrogens with zero attached hydrogens (tertiary/aromatic N) is 2. The van der Waals surface area contributed by atoms with Gasteiger partial charge in [-0.15, -0.1) is 0 Å². The number of hydrogen-bond acceptors (Lipinski definition) is 3. The minimum atomic E-state index is 0.790. The summed E-state index contributed by atoms with van der Waals surface area (Å²) in [6, 6.07) is 0.876. The summed E-state index contributed by atoms with van der Waals surface area (Å²) in [4.78, 5) is 5.40. The summed E-state index contributed by atoms with van der Waals surface area (Å²) in [5.74, 6) is 0. The molecule has 0 amide bonds. The predicted molar refractivity (Wildman–Crippen MR) is 68.6 cm³/mol. The summed E-state index contributed by atoms with van der Waals surface area (Å²) in [5.41, 5.74) is 0. The van der Waals surface area contributed by atoms with Gasteiger partial charge in [0.15, 0.2) is 0 Å². The fourth-order valence-electron chi connectivity index (χ4n) is 2.89. The van der Waals surface area contributed by atoms with Crippen LogP contribution in [0.2, 0.25) is 0 Å². The van der Waals surface area contributed by atoms with Gasteiger partial charge in [-0.3, -0.25) is 4.90 Å². The van der Waals surface area contributed by atoms with Gasteiger partial charge < -0.3 is 4.90 Å². The minimum Gasteiger partial charge on any atom is -0.301 e. The van der Waals surface area contributed by atoms with Crippen LogP contribution in [0.25, 0.3) is 0 Å². The van der Waals surface area contributed by atoms with Crippen LogP contribution in [0, 0.1) is 0 Å². The Morgan fingerprint density at radius 1 is 1.27 bits per heavy atom. The Labute approximate surface area is 98.4 Å². The highest BCUT2D eigenvalue weighted by atomic mass is 32.2. The Hall–Kier alpha value is 0.270. The van der Waals surface area contributed by atoms with E-state index in [2.05, 4.69) is 23.0 Å². The lowest BCUT2D eigenvalue weighted by Gasteiger charge is -2.27. The molecule has 0 N–H and O–H groups in total. The van der Waals surface area contributed by atoms with Crippen molar-refractivity contribution >= 4 is 11.8 Å². The van der Waals surface area contributed by atoms with Gasteiger partial charge in [0.05, 0.1) is 0 Å². The number of rotatable bonds is 3. The normalized spacial score (nSPS) is 31.2. The molecule has 88 valence electrons. The van der Waals surface area contributed by atoms with Crippen LogP contribution in [0.5, 0.6) is 0 Å². The molecule has 2 unspecified atom stereocenters. The molecule has 0 saturated carbocycles. The van der Waals surface area contributed by atoms with Gasteiger partial charge in [-0.25, -0.2) is 0 Å². The van der Waals surface area contributed by atoms with E-state index >= 15 is 0 Å². The summed E-state index contributed by atoms with van der Waals surface area (Å²) in [6.45, 7) is 8.97. The Morgan fingerprint density at radius 3 is 2.87 bits per heavy atom. The molecule has 2 rings (SSSR count). The largest absolute Gasteiger partial charge is 0.301 e. The Kier molecular flexibility index (Phi) is 4.35. The van der Waals surface area contributed by atoms with E-state index in [0.29, 0.717) is 0 Å². The summed E-state index contributed by atoms with van der Waals surface area (Å²) >= 11 is 2.00. The van der Waals surface area contributed by atoms with Crippen LogP contribution >= 0.6 is 11.8 Å². The number of fused-ring (bicyclic) bond motifs is 1. The average molecular weight is 228 g/mol. The summed E-state index contributed by atoms with van der Waals surface area (Å²) in [5, 5.41) is 0.790. The van der Waals surface area contributed by atoms with Crippen molar-refractivity contribution in [2.75, 3.05) is 39.0 Å². The lowest BCUT2D eigenvalue weighted by Crippen LogP contribution is -2.38. The van der Waals surface area contributed by atoms with Crippen molar-refractivity contribution in [3.05, 3.63) is 0 Å². The molecule has 0 aromatic rings. The molecule has 2 atom stereocenters. The topological polar surface area (TPSA) is 6.48 Å². The van der Waals surface area contributed by atoms with Crippen molar-refractivity contribution in [1.82, 2.24) is 9.80 Å². The highest BCUT2D eigenvalue weighted by molar-refractivity contribution is 7.99. The molecule has 3 heteroatoms. The van der Waals surface area contributed by atoms with Crippen LogP contribution in [-0.2, 0) is 0 Å². The zero-order valence-corrected chi connectivity index (χ0v) is 10.9. The maximum Gasteiger partial charge on any atom is 0.0223 e. The standard InChI is InChI=1S/C12H24N2S/c1-11(15-2)9-13-6-4-8-14-7-3-5-12(14)10-13/h11-12H,3-10H2,1-2H3. The summed E-state index contributed by atoms with van der Waals surface area (Å²) in [6.07, 6.45) is 6.46. The Morgan fingerprint density at radius 2 is 2.07 bits per heavy atom. The van der Waals surface area contributed by atoms with Crippen LogP contribution in [-0.4, -0.2) is 60.1 Å². The second-order valence-corrected chi connectivity index (χ2v) is 6.27. The van der Waals surface area contributed by atoms with Gasteiger partial charge in [-0.05, 0) is 45.2 Å². The van der Waals surface area contributed by atoms with Crippen molar-refractivity contribution in [1.29, 1.82) is 0 Å². The van der Waals surface area contributed by atoms with Crippen molar-refractivity contribution in [2.45, 2.75) is 37.5 Å². The highest BCUT2D eigenvalue weighted by Gasteiger charge is 2.28. The molecule has 0 aromatic heterocycles. The average Bonchev–Trinajstić information content (AvgIpc) is 2.58. The molecule has 0 aliphatic carbocycles. The Bertz CT molecular complexity index is 198. The van der Waals surface area contributed by atoms with E-state index in [-0.39, 0.29) is 0 Å². The van der Waals surface area contributed by atoms with E-state index in [9.17, 15) is 0 Å². The smallest absolute Gasteiger partial charge is 0.0223 e. The first kappa shape index (κ1) is 11.7. The van der Waals surface area contributed by atoms with E-state index in [4.69, 9.17) is 0 Å². The number of thioether (sulfide) groups is 1. The SMILES string of the molecule is CSC(C)CN1CCCN2CCCC2C1. The molecule has 15 heavy (non-hydrogen) atoms. The quantitative estimate of drug-likeness (QED) is 0.728. The zero-order valence-electron chi connectivity index (χ0n) is 10.1. The van der Waals surface area contributed by atoms with Crippen LogP contribution in [0.3, 0.4) is 0 Å². The maximum atomic E-state index is 2.71. The van der Waals surface area contributed by atoms with Gasteiger partial charge in [0.1, 0.15) is 0 Å². The van der Waals surface area contributed by atoms with Crippen LogP contribution in [0.4, 0.5) is 0 Å². The molecule has 2 aliphatic heterocycles. The van der Waals surface area contributed by atoms with E-state index < -0.39 is 0 Å². The molecule has 2 nitrogen and oxygen atoms in total. The van der Waals surface area contributed by atoms with Gasteiger partial charge in [-0.1, -0.05) is 6.92 Å². The second kappa shape index (κ2) is 5.55. The molecule has 0 radical (unpaired) electrons. The fraction of sp³-hybridized carbons (Fsp3) is 1.00. The van der Waals surface area contributed by atoms with Crippen LogP contribution < -0.4 is 0 Å². The van der Waals surface area contributed by atoms with Gasteiger partial charge in [-0.2, -0.15) is 11.8 Å². The van der Waals surface area contributed by atoms with Crippen molar-refractivity contribution in [3.8, 4) is 0 Å². The zero-order chi connectivity index (χ0) is 10.7. The second-order valence-electron chi connectivity index (χ2n) is 4.99. The maximum absolute atomic E-state index is 2.71. The highest BCUT2D eigenvalue weighted by Crippen LogP contribution is 2.22. The van der Waals surface area contributed by atoms with Crippen molar-refractivity contribution in [2.24, 2.45) is 0 Å². The lowest BCUT2D eigenvalue weighted by atomic mass is 10.2. The molecular weight excluding hydrogens is 204 g/mol. The van der Waals surface area contributed by atoms with Gasteiger partial charge in [0, 0.05) is 24.4 Å². The molecule has 2 fully saturated rings. The third-order valence-electron chi connectivity index (χ3n) is 3.81. The van der Waals surface area contributed by atoms with Crippen molar-refractivity contribution < 1.29 is 0 Å². The van der Waals surface area contributed by atoms with E-state index in [1.807, 2.05) is 11.8 Å². The van der Waals surface area contributed by atoms with E-state index in [1.165, 1.54) is 52.0 Å². The monoisotopic (exact) mass is 228 g/mol. The van der Waals surface area contributed by atoms with Crippen molar-refractivity contribution in [3.63, 3.8) is 0 Å².